The number of rotatable bonds is 4. The molecule has 4 heteroatoms. The second-order valence-corrected chi connectivity index (χ2v) is 7.03. The van der Waals surface area contributed by atoms with Crippen molar-refractivity contribution in [2.75, 3.05) is 6.54 Å². The van der Waals surface area contributed by atoms with E-state index in [2.05, 4.69) is 40.0 Å². The van der Waals surface area contributed by atoms with Crippen LogP contribution in [0.2, 0.25) is 0 Å². The molecule has 2 saturated carbocycles. The van der Waals surface area contributed by atoms with E-state index >= 15 is 0 Å². The molecule has 0 spiro atoms. The van der Waals surface area contributed by atoms with E-state index in [1.807, 2.05) is 6.07 Å². The third-order valence-electron chi connectivity index (χ3n) is 5.45. The van der Waals surface area contributed by atoms with Gasteiger partial charge in [-0.25, -0.2) is 0 Å². The molecule has 4 nitrogen and oxygen atoms in total. The van der Waals surface area contributed by atoms with Gasteiger partial charge in [-0.3, -0.25) is 15.6 Å². The Balaban J connectivity index is 1.51. The molecule has 118 valence electrons. The Hall–Kier alpha value is -1.39. The number of amides is 1. The van der Waals surface area contributed by atoms with E-state index in [0.29, 0.717) is 23.9 Å². The number of carbonyl (C=O) groups excluding carboxylic acids is 1. The Labute approximate surface area is 132 Å². The first-order valence-corrected chi connectivity index (χ1v) is 8.66. The van der Waals surface area contributed by atoms with Crippen LogP contribution in [0.5, 0.6) is 0 Å². The summed E-state index contributed by atoms with van der Waals surface area (Å²) in [6.07, 6.45) is 5.81. The van der Waals surface area contributed by atoms with Crippen LogP contribution in [0.25, 0.3) is 0 Å². The summed E-state index contributed by atoms with van der Waals surface area (Å²) in [5.74, 6) is 1.15. The largest absolute Gasteiger partial charge is 0.335 e. The number of fused-ring (bicyclic) bond motifs is 1. The maximum absolute atomic E-state index is 13.2. The van der Waals surface area contributed by atoms with Crippen molar-refractivity contribution in [1.29, 1.82) is 0 Å². The molecule has 1 saturated heterocycles. The summed E-state index contributed by atoms with van der Waals surface area (Å²) in [4.78, 5) is 15.3. The lowest BCUT2D eigenvalue weighted by Crippen LogP contribution is -2.49. The lowest BCUT2D eigenvalue weighted by atomic mass is 9.77. The van der Waals surface area contributed by atoms with Crippen LogP contribution in [-0.4, -0.2) is 29.4 Å². The third kappa shape index (κ3) is 2.77. The SMILES string of the molecule is O=C(C1CCCC2CNNC21)N(Cc1ccccc1)C1CC1. The van der Waals surface area contributed by atoms with E-state index in [-0.39, 0.29) is 5.92 Å². The van der Waals surface area contributed by atoms with Crippen molar-refractivity contribution in [3.8, 4) is 0 Å². The van der Waals surface area contributed by atoms with Crippen LogP contribution in [0.4, 0.5) is 0 Å². The molecule has 3 aliphatic rings. The fourth-order valence-corrected chi connectivity index (χ4v) is 4.09. The number of nitrogens with zero attached hydrogens (tertiary/aromatic N) is 1. The Morgan fingerprint density at radius 3 is 2.73 bits per heavy atom. The van der Waals surface area contributed by atoms with Gasteiger partial charge in [-0.1, -0.05) is 36.8 Å². The highest BCUT2D eigenvalue weighted by molar-refractivity contribution is 5.80. The van der Waals surface area contributed by atoms with Gasteiger partial charge in [-0.2, -0.15) is 0 Å². The fourth-order valence-electron chi connectivity index (χ4n) is 4.09. The minimum absolute atomic E-state index is 0.151. The van der Waals surface area contributed by atoms with Crippen molar-refractivity contribution >= 4 is 5.91 Å². The Morgan fingerprint density at radius 2 is 1.95 bits per heavy atom. The number of hydrogen-bond acceptors (Lipinski definition) is 3. The summed E-state index contributed by atoms with van der Waals surface area (Å²) in [6.45, 7) is 1.78. The predicted molar refractivity (Wildman–Crippen MR) is 85.8 cm³/mol. The van der Waals surface area contributed by atoms with Gasteiger partial charge in [-0.05, 0) is 37.2 Å². The average Bonchev–Trinajstić information content (AvgIpc) is 3.28. The zero-order chi connectivity index (χ0) is 14.9. The Kier molecular flexibility index (Phi) is 3.89. The molecule has 2 aliphatic carbocycles. The van der Waals surface area contributed by atoms with Crippen molar-refractivity contribution in [3.63, 3.8) is 0 Å². The quantitative estimate of drug-likeness (QED) is 0.894. The summed E-state index contributed by atoms with van der Waals surface area (Å²) in [5.41, 5.74) is 7.88. The van der Waals surface area contributed by atoms with Gasteiger partial charge in [0.2, 0.25) is 5.91 Å². The number of nitrogens with one attached hydrogen (secondary N) is 2. The fraction of sp³-hybridized carbons (Fsp3) is 0.611. The normalized spacial score (nSPS) is 30.8. The van der Waals surface area contributed by atoms with Crippen molar-refractivity contribution in [2.24, 2.45) is 11.8 Å². The zero-order valence-corrected chi connectivity index (χ0v) is 13.0. The first kappa shape index (κ1) is 14.2. The minimum atomic E-state index is 0.151. The average molecular weight is 299 g/mol. The molecular formula is C18H25N3O. The molecule has 1 aromatic carbocycles. The molecule has 0 radical (unpaired) electrons. The van der Waals surface area contributed by atoms with E-state index in [0.717, 1.165) is 19.5 Å². The summed E-state index contributed by atoms with van der Waals surface area (Å²) < 4.78 is 0. The lowest BCUT2D eigenvalue weighted by molar-refractivity contribution is -0.139. The van der Waals surface area contributed by atoms with Crippen LogP contribution >= 0.6 is 0 Å². The van der Waals surface area contributed by atoms with Crippen molar-refractivity contribution < 1.29 is 4.79 Å². The molecule has 1 amide bonds. The maximum atomic E-state index is 13.2. The monoisotopic (exact) mass is 299 g/mol. The van der Waals surface area contributed by atoms with Crippen molar-refractivity contribution in [2.45, 2.75) is 50.7 Å². The lowest BCUT2D eigenvalue weighted by Gasteiger charge is -2.35. The van der Waals surface area contributed by atoms with Gasteiger partial charge in [0.05, 0.1) is 5.92 Å². The van der Waals surface area contributed by atoms with Crippen LogP contribution in [0, 0.1) is 11.8 Å². The highest BCUT2D eigenvalue weighted by Crippen LogP contribution is 2.36. The van der Waals surface area contributed by atoms with Crippen LogP contribution in [0.15, 0.2) is 30.3 Å². The van der Waals surface area contributed by atoms with Crippen LogP contribution in [0.3, 0.4) is 0 Å². The van der Waals surface area contributed by atoms with Crippen LogP contribution < -0.4 is 10.9 Å². The van der Waals surface area contributed by atoms with E-state index in [4.69, 9.17) is 0 Å². The summed E-state index contributed by atoms with van der Waals surface area (Å²) in [7, 11) is 0. The van der Waals surface area contributed by atoms with Gasteiger partial charge in [-0.15, -0.1) is 0 Å². The smallest absolute Gasteiger partial charge is 0.227 e. The molecule has 2 N–H and O–H groups in total. The van der Waals surface area contributed by atoms with Crippen molar-refractivity contribution in [1.82, 2.24) is 15.8 Å². The molecule has 3 atom stereocenters. The molecule has 1 aromatic rings. The van der Waals surface area contributed by atoms with Crippen LogP contribution in [0.1, 0.15) is 37.7 Å². The molecule has 22 heavy (non-hydrogen) atoms. The minimum Gasteiger partial charge on any atom is -0.335 e. The molecule has 0 bridgehead atoms. The molecule has 4 rings (SSSR count). The number of benzene rings is 1. The summed E-state index contributed by atoms with van der Waals surface area (Å²) in [6, 6.07) is 11.2. The maximum Gasteiger partial charge on any atom is 0.227 e. The van der Waals surface area contributed by atoms with Crippen molar-refractivity contribution in [3.05, 3.63) is 35.9 Å². The molecule has 3 unspecified atom stereocenters. The highest BCUT2D eigenvalue weighted by atomic mass is 16.2. The zero-order valence-electron chi connectivity index (χ0n) is 13.0. The van der Waals surface area contributed by atoms with Gasteiger partial charge in [0.1, 0.15) is 0 Å². The summed E-state index contributed by atoms with van der Waals surface area (Å²) in [5, 5.41) is 0. The van der Waals surface area contributed by atoms with Gasteiger partial charge < -0.3 is 4.90 Å². The Morgan fingerprint density at radius 1 is 1.14 bits per heavy atom. The topological polar surface area (TPSA) is 44.4 Å². The van der Waals surface area contributed by atoms with E-state index in [1.54, 1.807) is 0 Å². The summed E-state index contributed by atoms with van der Waals surface area (Å²) >= 11 is 0. The molecule has 3 fully saturated rings. The van der Waals surface area contributed by atoms with Gasteiger partial charge >= 0.3 is 0 Å². The van der Waals surface area contributed by atoms with Gasteiger partial charge in [0.25, 0.3) is 0 Å². The standard InChI is InChI=1S/C18H25N3O/c22-18(16-8-4-7-14-11-19-20-17(14)16)21(15-9-10-15)12-13-5-2-1-3-6-13/h1-3,5-6,14-17,19-20H,4,7-12H2. The predicted octanol–water partition coefficient (Wildman–Crippen LogP) is 2.07. The third-order valence-corrected chi connectivity index (χ3v) is 5.45. The highest BCUT2D eigenvalue weighted by Gasteiger charge is 2.44. The molecule has 0 aromatic heterocycles. The number of hydrazine groups is 1. The van der Waals surface area contributed by atoms with E-state index in [1.165, 1.54) is 31.2 Å². The first-order valence-electron chi connectivity index (χ1n) is 8.66. The number of hydrogen-bond donors (Lipinski definition) is 2. The van der Waals surface area contributed by atoms with Gasteiger partial charge in [0.15, 0.2) is 0 Å². The number of carbonyl (C=O) groups is 1. The molecular weight excluding hydrogens is 274 g/mol. The van der Waals surface area contributed by atoms with Crippen LogP contribution in [-0.2, 0) is 11.3 Å². The van der Waals surface area contributed by atoms with E-state index in [9.17, 15) is 4.79 Å². The second kappa shape index (κ2) is 6.01. The van der Waals surface area contributed by atoms with Gasteiger partial charge in [0, 0.05) is 25.2 Å². The Bertz CT molecular complexity index is 528. The molecule has 1 heterocycles. The van der Waals surface area contributed by atoms with E-state index < -0.39 is 0 Å². The second-order valence-electron chi connectivity index (χ2n) is 7.03. The first-order chi connectivity index (χ1) is 10.8. The molecule has 1 aliphatic heterocycles.